The molecule has 3 rings (SSSR count). The summed E-state index contributed by atoms with van der Waals surface area (Å²) in [5.74, 6) is -1.36. The Hall–Kier alpha value is -3.06. The lowest BCUT2D eigenvalue weighted by Gasteiger charge is -2.23. The molecular weight excluding hydrogens is 451 g/mol. The number of hydrazine groups is 1. The van der Waals surface area contributed by atoms with E-state index >= 15 is 4.39 Å². The lowest BCUT2D eigenvalue weighted by molar-refractivity contribution is -0.154. The van der Waals surface area contributed by atoms with Crippen LogP contribution in [-0.4, -0.2) is 51.1 Å². The number of hydroxylamine groups is 2. The lowest BCUT2D eigenvalue weighted by Crippen LogP contribution is -2.41. The second-order valence-corrected chi connectivity index (χ2v) is 9.10. The van der Waals surface area contributed by atoms with Crippen molar-refractivity contribution in [1.82, 2.24) is 25.4 Å². The van der Waals surface area contributed by atoms with Gasteiger partial charge in [0.05, 0.1) is 24.7 Å². The number of nitrogens with zero attached hydrogens (tertiary/aromatic N) is 5. The van der Waals surface area contributed by atoms with E-state index in [2.05, 4.69) is 25.8 Å². The van der Waals surface area contributed by atoms with Crippen LogP contribution in [0.1, 0.15) is 43.6 Å². The number of anilines is 3. The number of hydrogen-bond acceptors (Lipinski definition) is 10. The van der Waals surface area contributed by atoms with Crippen LogP contribution in [0.15, 0.2) is 5.38 Å². The quantitative estimate of drug-likeness (QED) is 0.215. The highest BCUT2D eigenvalue weighted by Crippen LogP contribution is 2.31. The van der Waals surface area contributed by atoms with E-state index in [9.17, 15) is 14.8 Å². The number of carbonyl (C=O) groups is 2. The third kappa shape index (κ3) is 6.71. The van der Waals surface area contributed by atoms with Crippen LogP contribution in [-0.2, 0) is 16.1 Å². The van der Waals surface area contributed by atoms with Crippen molar-refractivity contribution in [3.8, 4) is 0 Å². The van der Waals surface area contributed by atoms with Gasteiger partial charge in [0.15, 0.2) is 16.8 Å². The third-order valence-electron chi connectivity index (χ3n) is 5.57. The Bertz CT molecular complexity index is 969. The van der Waals surface area contributed by atoms with Crippen LogP contribution in [0.3, 0.4) is 0 Å². The Kier molecular flexibility index (Phi) is 8.33. The third-order valence-corrected chi connectivity index (χ3v) is 6.30. The summed E-state index contributed by atoms with van der Waals surface area (Å²) in [5.41, 5.74) is 11.3. The van der Waals surface area contributed by atoms with Gasteiger partial charge in [-0.2, -0.15) is 4.39 Å². The van der Waals surface area contributed by atoms with Crippen molar-refractivity contribution < 1.29 is 19.2 Å². The van der Waals surface area contributed by atoms with Gasteiger partial charge in [0.2, 0.25) is 18.1 Å². The number of hydrogen-bond donors (Lipinski definition) is 4. The zero-order valence-electron chi connectivity index (χ0n) is 18.6. The summed E-state index contributed by atoms with van der Waals surface area (Å²) >= 11 is 1.29. The van der Waals surface area contributed by atoms with Crippen molar-refractivity contribution in [3.63, 3.8) is 0 Å². The topological polar surface area (TPSA) is 150 Å². The zero-order valence-corrected chi connectivity index (χ0v) is 19.4. The van der Waals surface area contributed by atoms with Crippen LogP contribution in [0.5, 0.6) is 0 Å². The van der Waals surface area contributed by atoms with Crippen LogP contribution < -0.4 is 21.5 Å². The summed E-state index contributed by atoms with van der Waals surface area (Å²) in [6.07, 6.45) is 4.99. The van der Waals surface area contributed by atoms with Gasteiger partial charge in [-0.05, 0) is 19.3 Å². The van der Waals surface area contributed by atoms with Gasteiger partial charge < -0.3 is 10.6 Å². The molecule has 1 aliphatic carbocycles. The monoisotopic (exact) mass is 480 g/mol. The summed E-state index contributed by atoms with van der Waals surface area (Å²) in [6, 6.07) is 0. The van der Waals surface area contributed by atoms with Crippen LogP contribution in [0.25, 0.3) is 0 Å². The number of aromatic nitrogens is 3. The molecule has 1 fully saturated rings. The highest BCUT2D eigenvalue weighted by Gasteiger charge is 2.27. The minimum atomic E-state index is -0.740. The van der Waals surface area contributed by atoms with E-state index in [4.69, 9.17) is 5.73 Å². The molecule has 0 aliphatic heterocycles. The summed E-state index contributed by atoms with van der Waals surface area (Å²) in [6.45, 7) is 1.75. The van der Waals surface area contributed by atoms with E-state index in [1.165, 1.54) is 11.3 Å². The van der Waals surface area contributed by atoms with Crippen LogP contribution >= 0.6 is 11.3 Å². The molecule has 2 aromatic rings. The molecular formula is C20H29FN8O3S. The summed E-state index contributed by atoms with van der Waals surface area (Å²) in [4.78, 5) is 37.6. The number of amides is 2. The number of rotatable bonds is 11. The van der Waals surface area contributed by atoms with Gasteiger partial charge >= 0.3 is 0 Å². The van der Waals surface area contributed by atoms with Crippen LogP contribution in [0, 0.1) is 24.6 Å². The van der Waals surface area contributed by atoms with E-state index in [0.29, 0.717) is 34.1 Å². The van der Waals surface area contributed by atoms with Crippen molar-refractivity contribution in [2.24, 2.45) is 11.8 Å². The SMILES string of the molecule is Cc1nc(NNC(=O)[C@H](CC2CCCC2)CN(O)C=O)c(F)c(N(C)Cc2csc(N)n2)n1. The summed E-state index contributed by atoms with van der Waals surface area (Å²) in [5, 5.41) is 12.3. The Morgan fingerprint density at radius 3 is 2.76 bits per heavy atom. The molecule has 13 heteroatoms. The van der Waals surface area contributed by atoms with E-state index in [0.717, 1.165) is 25.7 Å². The van der Waals surface area contributed by atoms with Gasteiger partial charge in [-0.3, -0.25) is 25.6 Å². The highest BCUT2D eigenvalue weighted by molar-refractivity contribution is 7.13. The zero-order chi connectivity index (χ0) is 24.0. The molecule has 0 unspecified atom stereocenters. The standard InChI is InChI=1S/C20H29FN8O3S/c1-12-23-17(16(21)18(24-12)28(2)9-15-10-33-20(22)25-15)26-27-19(31)14(8-29(32)11-30)7-13-5-3-4-6-13/h10-11,13-14,32H,3-9H2,1-2H3,(H2,22,25)(H,27,31)(H,23,24,26)/t14-/m1/s1. The second kappa shape index (κ2) is 11.2. The van der Waals surface area contributed by atoms with Crippen molar-refractivity contribution in [2.75, 3.05) is 29.7 Å². The minimum absolute atomic E-state index is 0.0378. The maximum atomic E-state index is 15.1. The molecule has 2 amide bonds. The van der Waals surface area contributed by atoms with Crippen LogP contribution in [0.4, 0.5) is 21.2 Å². The number of carbonyl (C=O) groups excluding carboxylic acids is 2. The van der Waals surface area contributed by atoms with Crippen molar-refractivity contribution in [1.29, 1.82) is 0 Å². The molecule has 2 heterocycles. The molecule has 180 valence electrons. The molecule has 0 bridgehead atoms. The van der Waals surface area contributed by atoms with Gasteiger partial charge in [0.1, 0.15) is 5.82 Å². The fraction of sp³-hybridized carbons (Fsp3) is 0.550. The van der Waals surface area contributed by atoms with Crippen molar-refractivity contribution in [2.45, 2.75) is 45.6 Å². The molecule has 1 aliphatic rings. The largest absolute Gasteiger partial charge is 0.375 e. The molecule has 2 aromatic heterocycles. The van der Waals surface area contributed by atoms with E-state index in [-0.39, 0.29) is 31.1 Å². The Labute approximate surface area is 195 Å². The number of aryl methyl sites for hydroxylation is 1. The Morgan fingerprint density at radius 1 is 1.39 bits per heavy atom. The molecule has 1 saturated carbocycles. The molecule has 0 radical (unpaired) electrons. The number of nitrogens with one attached hydrogen (secondary N) is 2. The van der Waals surface area contributed by atoms with Gasteiger partial charge in [0.25, 0.3) is 0 Å². The predicted octanol–water partition coefficient (Wildman–Crippen LogP) is 2.09. The van der Waals surface area contributed by atoms with E-state index in [1.807, 2.05) is 0 Å². The first kappa shape index (κ1) is 24.6. The maximum Gasteiger partial charge on any atom is 0.243 e. The minimum Gasteiger partial charge on any atom is -0.375 e. The molecule has 0 spiro atoms. The average molecular weight is 481 g/mol. The normalized spacial score (nSPS) is 14.7. The first-order chi connectivity index (χ1) is 15.8. The first-order valence-electron chi connectivity index (χ1n) is 10.7. The fourth-order valence-electron chi connectivity index (χ4n) is 4.00. The summed E-state index contributed by atoms with van der Waals surface area (Å²) in [7, 11) is 1.66. The highest BCUT2D eigenvalue weighted by atomic mass is 32.1. The molecule has 33 heavy (non-hydrogen) atoms. The van der Waals surface area contributed by atoms with E-state index in [1.54, 1.807) is 24.3 Å². The van der Waals surface area contributed by atoms with E-state index < -0.39 is 17.6 Å². The molecule has 1 atom stereocenters. The summed E-state index contributed by atoms with van der Waals surface area (Å²) < 4.78 is 15.1. The fourth-order valence-corrected chi connectivity index (χ4v) is 4.55. The maximum absolute atomic E-state index is 15.1. The number of thiazole rings is 1. The predicted molar refractivity (Wildman–Crippen MR) is 122 cm³/mol. The van der Waals surface area contributed by atoms with Crippen LogP contribution in [0.2, 0.25) is 0 Å². The molecule has 0 aromatic carbocycles. The average Bonchev–Trinajstić information content (AvgIpc) is 3.44. The lowest BCUT2D eigenvalue weighted by atomic mass is 9.92. The Morgan fingerprint density at radius 2 is 2.12 bits per heavy atom. The van der Waals surface area contributed by atoms with Gasteiger partial charge in [-0.25, -0.2) is 20.0 Å². The number of nitrogen functional groups attached to an aromatic ring is 1. The smallest absolute Gasteiger partial charge is 0.243 e. The molecule has 5 N–H and O–H groups in total. The van der Waals surface area contributed by atoms with Gasteiger partial charge in [0, 0.05) is 12.4 Å². The first-order valence-corrected chi connectivity index (χ1v) is 11.6. The van der Waals surface area contributed by atoms with Gasteiger partial charge in [-0.15, -0.1) is 11.3 Å². The van der Waals surface area contributed by atoms with Crippen molar-refractivity contribution >= 4 is 40.4 Å². The Balaban J connectivity index is 1.69. The number of halogens is 1. The second-order valence-electron chi connectivity index (χ2n) is 8.21. The van der Waals surface area contributed by atoms with Crippen molar-refractivity contribution in [3.05, 3.63) is 22.7 Å². The molecule has 0 saturated heterocycles. The number of nitrogens with two attached hydrogens (primary N) is 1. The van der Waals surface area contributed by atoms with Gasteiger partial charge in [-0.1, -0.05) is 25.7 Å². The molecule has 11 nitrogen and oxygen atoms in total.